The summed E-state index contributed by atoms with van der Waals surface area (Å²) in [7, 11) is 0. The second kappa shape index (κ2) is 11.5. The van der Waals surface area contributed by atoms with Crippen LogP contribution >= 0.6 is 0 Å². The van der Waals surface area contributed by atoms with Crippen LogP contribution in [0.1, 0.15) is 0 Å². The van der Waals surface area contributed by atoms with Gasteiger partial charge in [0.15, 0.2) is 0 Å². The molecular formula is C4H6Na2O5S2. The second-order valence-corrected chi connectivity index (χ2v) is 2.13. The van der Waals surface area contributed by atoms with Crippen molar-refractivity contribution in [3.8, 4) is 0 Å². The van der Waals surface area contributed by atoms with Gasteiger partial charge in [-0.05, 0) is 0 Å². The molecule has 0 aliphatic heterocycles. The molecule has 0 saturated heterocycles. The maximum Gasteiger partial charge on any atom is 1.00 e. The summed E-state index contributed by atoms with van der Waals surface area (Å²) in [6, 6.07) is 0. The molecule has 0 spiro atoms. The molecule has 6 N–H and O–H groups in total. The van der Waals surface area contributed by atoms with Gasteiger partial charge in [-0.3, -0.25) is 9.59 Å². The van der Waals surface area contributed by atoms with Gasteiger partial charge in [0.2, 0.25) is 10.9 Å². The van der Waals surface area contributed by atoms with E-state index in [4.69, 9.17) is 0 Å². The topological polar surface area (TPSA) is 129 Å². The van der Waals surface area contributed by atoms with Crippen LogP contribution in [0.4, 0.5) is 0 Å². The SMILES string of the molecule is O.O.O.O=c1c([S-])c([S-])c1=O.[Na+].[Na+]. The molecule has 1 rings (SSSR count). The maximum atomic E-state index is 10.2. The molecule has 0 unspecified atom stereocenters. The smallest absolute Gasteiger partial charge is 0.777 e. The Bertz CT molecular complexity index is 265. The van der Waals surface area contributed by atoms with E-state index in [0.717, 1.165) is 0 Å². The van der Waals surface area contributed by atoms with Crippen LogP contribution in [0, 0.1) is 0 Å². The summed E-state index contributed by atoms with van der Waals surface area (Å²) >= 11 is 8.79. The molecular weight excluding hydrogens is 238 g/mol. The average Bonchev–Trinajstić information content (AvgIpc) is 1.83. The summed E-state index contributed by atoms with van der Waals surface area (Å²) < 4.78 is 0. The fourth-order valence-corrected chi connectivity index (χ4v) is 0.721. The maximum absolute atomic E-state index is 10.2. The molecule has 0 atom stereocenters. The van der Waals surface area contributed by atoms with Crippen LogP contribution in [0.2, 0.25) is 0 Å². The Balaban J connectivity index is -0.0000000427. The molecule has 1 aromatic carbocycles. The Morgan fingerprint density at radius 2 is 0.846 bits per heavy atom. The van der Waals surface area contributed by atoms with Gasteiger partial charge in [0.25, 0.3) is 0 Å². The molecule has 0 saturated carbocycles. The van der Waals surface area contributed by atoms with E-state index in [0.29, 0.717) is 0 Å². The summed E-state index contributed by atoms with van der Waals surface area (Å²) in [4.78, 5) is 20.4. The molecule has 13 heavy (non-hydrogen) atoms. The molecule has 0 fully saturated rings. The van der Waals surface area contributed by atoms with E-state index in [-0.39, 0.29) is 85.3 Å². The van der Waals surface area contributed by atoms with Crippen molar-refractivity contribution in [1.29, 1.82) is 0 Å². The number of hydrogen-bond acceptors (Lipinski definition) is 4. The molecule has 0 aromatic heterocycles. The Morgan fingerprint density at radius 1 is 0.692 bits per heavy atom. The first-order valence-corrected chi connectivity index (χ1v) is 2.63. The van der Waals surface area contributed by atoms with E-state index >= 15 is 0 Å². The summed E-state index contributed by atoms with van der Waals surface area (Å²) in [5.74, 6) is 0. The Labute approximate surface area is 129 Å². The molecule has 0 radical (unpaired) electrons. The molecule has 1 aromatic rings. The van der Waals surface area contributed by atoms with E-state index in [9.17, 15) is 9.59 Å². The molecule has 9 heteroatoms. The van der Waals surface area contributed by atoms with Crippen LogP contribution in [0.3, 0.4) is 0 Å². The van der Waals surface area contributed by atoms with Gasteiger partial charge in [-0.2, -0.15) is 0 Å². The molecule has 0 bridgehead atoms. The zero-order valence-electron chi connectivity index (χ0n) is 7.13. The first kappa shape index (κ1) is 29.3. The summed E-state index contributed by atoms with van der Waals surface area (Å²) in [5.41, 5.74) is -1.21. The van der Waals surface area contributed by atoms with Crippen LogP contribution in [0.25, 0.3) is 0 Å². The predicted molar refractivity (Wildman–Crippen MR) is 43.5 cm³/mol. The quantitative estimate of drug-likeness (QED) is 0.255. The molecule has 0 amide bonds. The van der Waals surface area contributed by atoms with Gasteiger partial charge in [0.05, 0.1) is 0 Å². The largest absolute Gasteiger partial charge is 1.00 e. The zero-order chi connectivity index (χ0) is 6.31. The van der Waals surface area contributed by atoms with Crippen molar-refractivity contribution >= 4 is 25.3 Å². The fraction of sp³-hybridized carbons (Fsp3) is 0. The van der Waals surface area contributed by atoms with Crippen molar-refractivity contribution in [2.75, 3.05) is 0 Å². The summed E-state index contributed by atoms with van der Waals surface area (Å²) in [5, 5.41) is 0. The Hall–Kier alpha value is 1.40. The number of rotatable bonds is 0. The summed E-state index contributed by atoms with van der Waals surface area (Å²) in [6.07, 6.45) is 0. The minimum Gasteiger partial charge on any atom is -0.777 e. The first-order chi connectivity index (χ1) is 3.64. The monoisotopic (exact) mass is 244 g/mol. The van der Waals surface area contributed by atoms with Gasteiger partial charge in [-0.1, -0.05) is 0 Å². The van der Waals surface area contributed by atoms with Gasteiger partial charge < -0.3 is 41.7 Å². The number of hydrogen-bond donors (Lipinski definition) is 0. The third kappa shape index (κ3) is 5.75. The van der Waals surface area contributed by atoms with Gasteiger partial charge in [-0.25, -0.2) is 0 Å². The predicted octanol–water partition coefficient (Wildman–Crippen LogP) is -9.37. The van der Waals surface area contributed by atoms with Crippen molar-refractivity contribution in [1.82, 2.24) is 0 Å². The zero-order valence-corrected chi connectivity index (χ0v) is 12.8. The van der Waals surface area contributed by atoms with Gasteiger partial charge in [0, 0.05) is 0 Å². The Morgan fingerprint density at radius 3 is 0.923 bits per heavy atom. The van der Waals surface area contributed by atoms with Gasteiger partial charge in [-0.15, -0.1) is 9.79 Å². The normalized spacial score (nSPS) is 6.15. The van der Waals surface area contributed by atoms with E-state index in [1.807, 2.05) is 0 Å². The second-order valence-electron chi connectivity index (χ2n) is 1.32. The van der Waals surface area contributed by atoms with Crippen molar-refractivity contribution in [2.24, 2.45) is 0 Å². The van der Waals surface area contributed by atoms with E-state index in [1.54, 1.807) is 0 Å². The van der Waals surface area contributed by atoms with Crippen LogP contribution in [-0.2, 0) is 25.3 Å². The van der Waals surface area contributed by atoms with Crippen LogP contribution in [0.5, 0.6) is 0 Å². The van der Waals surface area contributed by atoms with Crippen LogP contribution < -0.4 is 70.0 Å². The molecule has 66 valence electrons. The van der Waals surface area contributed by atoms with Crippen molar-refractivity contribution in [3.63, 3.8) is 0 Å². The molecule has 5 nitrogen and oxygen atoms in total. The van der Waals surface area contributed by atoms with E-state index < -0.39 is 10.9 Å². The minimum absolute atomic E-state index is 0. The van der Waals surface area contributed by atoms with Gasteiger partial charge >= 0.3 is 59.1 Å². The molecule has 0 aliphatic rings. The average molecular weight is 244 g/mol. The van der Waals surface area contributed by atoms with E-state index in [2.05, 4.69) is 25.3 Å². The van der Waals surface area contributed by atoms with E-state index in [1.165, 1.54) is 0 Å². The third-order valence-corrected chi connectivity index (χ3v) is 1.73. The fourth-order valence-electron chi connectivity index (χ4n) is 0.350. The van der Waals surface area contributed by atoms with Crippen molar-refractivity contribution in [3.05, 3.63) is 20.4 Å². The molecule has 0 heterocycles. The molecule has 0 aliphatic carbocycles. The van der Waals surface area contributed by atoms with Crippen LogP contribution in [0.15, 0.2) is 19.4 Å². The van der Waals surface area contributed by atoms with Crippen molar-refractivity contribution < 1.29 is 75.5 Å². The Kier molecular flexibility index (Phi) is 25.8. The summed E-state index contributed by atoms with van der Waals surface area (Å²) in [6.45, 7) is 0. The third-order valence-electron chi connectivity index (χ3n) is 0.825. The minimum atomic E-state index is -0.606. The van der Waals surface area contributed by atoms with Gasteiger partial charge in [0.1, 0.15) is 0 Å². The van der Waals surface area contributed by atoms with Crippen molar-refractivity contribution in [2.45, 2.75) is 9.79 Å². The first-order valence-electron chi connectivity index (χ1n) is 1.82. The van der Waals surface area contributed by atoms with Crippen LogP contribution in [-0.4, -0.2) is 16.4 Å². The standard InChI is InChI=1S/C4H2O2S2.2Na.3H2O/c5-1-2(6)4(8)3(1)7;;;;;/h7-8H;;;3*1H2/q;2*+1;;;/p-2.